The van der Waals surface area contributed by atoms with Crippen molar-refractivity contribution in [3.63, 3.8) is 0 Å². The van der Waals surface area contributed by atoms with Crippen molar-refractivity contribution in [2.75, 3.05) is 11.9 Å². The Kier molecular flexibility index (Phi) is 4.99. The van der Waals surface area contributed by atoms with Crippen LogP contribution >= 0.6 is 12.2 Å². The van der Waals surface area contributed by atoms with Crippen molar-refractivity contribution in [3.05, 3.63) is 46.2 Å². The topological polar surface area (TPSA) is 122 Å². The summed E-state index contributed by atoms with van der Waals surface area (Å²) in [6.45, 7) is 1.12. The van der Waals surface area contributed by atoms with E-state index in [1.807, 2.05) is 0 Å². The highest BCUT2D eigenvalue weighted by atomic mass is 32.1. The van der Waals surface area contributed by atoms with Gasteiger partial charge in [-0.25, -0.2) is 0 Å². The van der Waals surface area contributed by atoms with Crippen LogP contribution in [0.5, 0.6) is 0 Å². The number of hydrogen-bond acceptors (Lipinski definition) is 6. The van der Waals surface area contributed by atoms with Crippen molar-refractivity contribution in [2.24, 2.45) is 0 Å². The van der Waals surface area contributed by atoms with Crippen LogP contribution in [0.1, 0.15) is 6.92 Å². The van der Waals surface area contributed by atoms with E-state index >= 15 is 0 Å². The lowest BCUT2D eigenvalue weighted by atomic mass is 10.1. The first-order chi connectivity index (χ1) is 11.3. The highest BCUT2D eigenvalue weighted by molar-refractivity contribution is 7.80. The summed E-state index contributed by atoms with van der Waals surface area (Å²) in [5, 5.41) is 15.5. The SMILES string of the molecule is CC(=O)C(=CN1CC(=O)NC1=S)C(=O)Nc1ccc([N+](=O)[O-])cc1. The van der Waals surface area contributed by atoms with Crippen molar-refractivity contribution in [3.8, 4) is 0 Å². The predicted octanol–water partition coefficient (Wildman–Crippen LogP) is 0.723. The minimum Gasteiger partial charge on any atom is -0.322 e. The van der Waals surface area contributed by atoms with Gasteiger partial charge in [0.05, 0.1) is 10.5 Å². The maximum Gasteiger partial charge on any atom is 0.269 e. The Balaban J connectivity index is 2.17. The minimum atomic E-state index is -0.710. The van der Waals surface area contributed by atoms with Crippen LogP contribution in [0.4, 0.5) is 11.4 Å². The molecule has 0 aromatic heterocycles. The minimum absolute atomic E-state index is 0.0829. The van der Waals surface area contributed by atoms with Gasteiger partial charge in [-0.3, -0.25) is 24.5 Å². The molecule has 0 unspecified atom stereocenters. The summed E-state index contributed by atoms with van der Waals surface area (Å²) in [5.74, 6) is -1.56. The number of nitrogens with zero attached hydrogens (tertiary/aromatic N) is 2. The van der Waals surface area contributed by atoms with Gasteiger partial charge in [-0.05, 0) is 31.3 Å². The van der Waals surface area contributed by atoms with Gasteiger partial charge in [0.25, 0.3) is 11.6 Å². The zero-order valence-corrected chi connectivity index (χ0v) is 13.3. The first kappa shape index (κ1) is 17.2. The van der Waals surface area contributed by atoms with Gasteiger partial charge in [-0.2, -0.15) is 0 Å². The lowest BCUT2D eigenvalue weighted by Gasteiger charge is -2.12. The molecule has 0 bridgehead atoms. The lowest BCUT2D eigenvalue weighted by molar-refractivity contribution is -0.384. The molecule has 1 saturated heterocycles. The van der Waals surface area contributed by atoms with Gasteiger partial charge < -0.3 is 15.5 Å². The Hall–Kier alpha value is -3.14. The third-order valence-corrected chi connectivity index (χ3v) is 3.40. The normalized spacial score (nSPS) is 14.4. The number of Topliss-reactive ketones (excluding diaryl/α,β-unsaturated/α-hetero) is 1. The average molecular weight is 348 g/mol. The summed E-state index contributed by atoms with van der Waals surface area (Å²) < 4.78 is 0. The molecule has 10 heteroatoms. The summed E-state index contributed by atoms with van der Waals surface area (Å²) in [4.78, 5) is 46.5. The van der Waals surface area contributed by atoms with Crippen molar-refractivity contribution in [2.45, 2.75) is 6.92 Å². The quantitative estimate of drug-likeness (QED) is 0.201. The smallest absolute Gasteiger partial charge is 0.269 e. The number of anilines is 1. The second-order valence-corrected chi connectivity index (χ2v) is 5.22. The fraction of sp³-hybridized carbons (Fsp3) is 0.143. The number of amides is 2. The second kappa shape index (κ2) is 6.96. The number of nitro groups is 1. The molecule has 0 atom stereocenters. The molecule has 1 aliphatic rings. The Bertz CT molecular complexity index is 772. The van der Waals surface area contributed by atoms with Gasteiger partial charge in [0.15, 0.2) is 10.9 Å². The molecule has 1 heterocycles. The number of nitrogens with one attached hydrogen (secondary N) is 2. The van der Waals surface area contributed by atoms with Crippen LogP contribution in [0.15, 0.2) is 36.0 Å². The van der Waals surface area contributed by atoms with Crippen molar-refractivity contribution >= 4 is 46.3 Å². The summed E-state index contributed by atoms with van der Waals surface area (Å²) >= 11 is 4.92. The molecule has 0 aliphatic carbocycles. The van der Waals surface area contributed by atoms with Gasteiger partial charge in [0.2, 0.25) is 5.91 Å². The number of nitro benzene ring substituents is 1. The summed E-state index contributed by atoms with van der Waals surface area (Å²) in [5.41, 5.74) is -0.0366. The zero-order valence-electron chi connectivity index (χ0n) is 12.4. The van der Waals surface area contributed by atoms with Crippen molar-refractivity contribution in [1.82, 2.24) is 10.2 Å². The number of non-ortho nitro benzene ring substituents is 1. The second-order valence-electron chi connectivity index (χ2n) is 4.84. The molecular formula is C14H12N4O5S. The van der Waals surface area contributed by atoms with E-state index in [4.69, 9.17) is 12.2 Å². The van der Waals surface area contributed by atoms with Crippen LogP contribution in [0.25, 0.3) is 0 Å². The summed E-state index contributed by atoms with van der Waals surface area (Å²) in [6.07, 6.45) is 1.20. The molecule has 2 N–H and O–H groups in total. The molecule has 0 radical (unpaired) electrons. The van der Waals surface area contributed by atoms with Crippen LogP contribution in [0, 0.1) is 10.1 Å². The number of carbonyl (C=O) groups is 3. The predicted molar refractivity (Wildman–Crippen MR) is 87.9 cm³/mol. The van der Waals surface area contributed by atoms with Gasteiger partial charge in [-0.15, -0.1) is 0 Å². The molecule has 0 saturated carbocycles. The van der Waals surface area contributed by atoms with Gasteiger partial charge in [0.1, 0.15) is 6.54 Å². The number of rotatable bonds is 5. The van der Waals surface area contributed by atoms with E-state index < -0.39 is 16.6 Å². The van der Waals surface area contributed by atoms with E-state index in [-0.39, 0.29) is 34.5 Å². The highest BCUT2D eigenvalue weighted by Crippen LogP contribution is 2.16. The maximum atomic E-state index is 12.2. The molecule has 124 valence electrons. The molecular weight excluding hydrogens is 336 g/mol. The van der Waals surface area contributed by atoms with E-state index in [0.717, 1.165) is 0 Å². The largest absolute Gasteiger partial charge is 0.322 e. The average Bonchev–Trinajstić information content (AvgIpc) is 2.82. The third kappa shape index (κ3) is 3.98. The number of thiocarbonyl (C=S) groups is 1. The van der Waals surface area contributed by atoms with Crippen LogP contribution in [0.3, 0.4) is 0 Å². The monoisotopic (exact) mass is 348 g/mol. The van der Waals surface area contributed by atoms with Gasteiger partial charge in [0, 0.05) is 24.0 Å². The lowest BCUT2D eigenvalue weighted by Crippen LogP contribution is -2.27. The highest BCUT2D eigenvalue weighted by Gasteiger charge is 2.25. The summed E-state index contributed by atoms with van der Waals surface area (Å²) in [7, 11) is 0. The molecule has 1 fully saturated rings. The fourth-order valence-electron chi connectivity index (χ4n) is 1.89. The number of benzene rings is 1. The van der Waals surface area contributed by atoms with E-state index in [2.05, 4.69) is 10.6 Å². The standard InChI is InChI=1S/C14H12N4O5S/c1-8(19)11(6-17-7-12(20)16-14(17)24)13(21)15-9-2-4-10(5-3-9)18(22)23/h2-6H,7H2,1H3,(H,15,21)(H,16,20,24). The molecule has 0 spiro atoms. The first-order valence-electron chi connectivity index (χ1n) is 6.67. The van der Waals surface area contributed by atoms with Crippen molar-refractivity contribution < 1.29 is 19.3 Å². The molecule has 2 amide bonds. The van der Waals surface area contributed by atoms with E-state index in [9.17, 15) is 24.5 Å². The number of carbonyl (C=O) groups excluding carboxylic acids is 3. The Morgan fingerprint density at radius 2 is 2.00 bits per heavy atom. The van der Waals surface area contributed by atoms with E-state index in [0.29, 0.717) is 0 Å². The Labute approximate surface area is 141 Å². The molecule has 1 aromatic carbocycles. The van der Waals surface area contributed by atoms with Gasteiger partial charge in [-0.1, -0.05) is 0 Å². The van der Waals surface area contributed by atoms with Crippen molar-refractivity contribution in [1.29, 1.82) is 0 Å². The Morgan fingerprint density at radius 1 is 1.38 bits per heavy atom. The van der Waals surface area contributed by atoms with E-state index in [1.165, 1.54) is 42.3 Å². The number of hydrogen-bond donors (Lipinski definition) is 2. The molecule has 9 nitrogen and oxygen atoms in total. The van der Waals surface area contributed by atoms with Crippen LogP contribution in [-0.2, 0) is 14.4 Å². The molecule has 2 rings (SSSR count). The molecule has 1 aromatic rings. The zero-order chi connectivity index (χ0) is 17.9. The van der Waals surface area contributed by atoms with E-state index in [1.54, 1.807) is 0 Å². The van der Waals surface area contributed by atoms with Crippen LogP contribution in [0.2, 0.25) is 0 Å². The first-order valence-corrected chi connectivity index (χ1v) is 7.08. The maximum absolute atomic E-state index is 12.2. The Morgan fingerprint density at radius 3 is 2.46 bits per heavy atom. The number of ketones is 1. The summed E-state index contributed by atoms with van der Waals surface area (Å²) in [6, 6.07) is 5.15. The molecule has 24 heavy (non-hydrogen) atoms. The van der Waals surface area contributed by atoms with Gasteiger partial charge >= 0.3 is 0 Å². The fourth-order valence-corrected chi connectivity index (χ4v) is 2.12. The van der Waals surface area contributed by atoms with Crippen LogP contribution < -0.4 is 10.6 Å². The third-order valence-electron chi connectivity index (χ3n) is 3.07. The van der Waals surface area contributed by atoms with Crippen LogP contribution in [-0.4, -0.2) is 39.1 Å². The molecule has 1 aliphatic heterocycles.